The number of methoxy groups -OCH3 is 1. The summed E-state index contributed by atoms with van der Waals surface area (Å²) >= 11 is 0. The third kappa shape index (κ3) is 4.44. The fourth-order valence-corrected chi connectivity index (χ4v) is 2.13. The van der Waals surface area contributed by atoms with Gasteiger partial charge in [-0.05, 0) is 36.7 Å². The number of fused-ring (bicyclic) bond motifs is 1. The highest BCUT2D eigenvalue weighted by Crippen LogP contribution is 2.23. The summed E-state index contributed by atoms with van der Waals surface area (Å²) in [5.41, 5.74) is 2.13. The van der Waals surface area contributed by atoms with E-state index in [9.17, 15) is 8.78 Å². The van der Waals surface area contributed by atoms with Crippen LogP contribution in [0.1, 0.15) is 5.56 Å². The van der Waals surface area contributed by atoms with Crippen LogP contribution in [0.2, 0.25) is 0 Å². The van der Waals surface area contributed by atoms with Crippen molar-refractivity contribution < 1.29 is 18.3 Å². The normalized spacial score (nSPS) is 11.7. The van der Waals surface area contributed by atoms with Gasteiger partial charge in [0.2, 0.25) is 0 Å². The first-order valence-corrected chi connectivity index (χ1v) is 6.63. The fraction of sp³-hybridized carbons (Fsp3) is 0.429. The number of alkyl halides is 2. The lowest BCUT2D eigenvalue weighted by Crippen LogP contribution is -2.27. The highest BCUT2D eigenvalue weighted by Gasteiger charge is 2.07. The molecule has 0 saturated heterocycles. The minimum Gasteiger partial charge on any atom is -0.497 e. The van der Waals surface area contributed by atoms with E-state index in [4.69, 9.17) is 12.7 Å². The van der Waals surface area contributed by atoms with Crippen molar-refractivity contribution in [1.29, 1.82) is 0 Å². The number of aromatic amines is 1. The number of ether oxygens (including phenoxy) is 2. The molecule has 2 rings (SSSR count). The van der Waals surface area contributed by atoms with Crippen molar-refractivity contribution >= 4 is 18.9 Å². The molecule has 7 heteroatoms. The predicted molar refractivity (Wildman–Crippen MR) is 77.8 cm³/mol. The van der Waals surface area contributed by atoms with Gasteiger partial charge in [-0.1, -0.05) is 0 Å². The quantitative estimate of drug-likeness (QED) is 0.759. The lowest BCUT2D eigenvalue weighted by atomic mass is 10.1. The second-order valence-electron chi connectivity index (χ2n) is 4.64. The Morgan fingerprint density at radius 2 is 2.14 bits per heavy atom. The average Bonchev–Trinajstić information content (AvgIpc) is 2.86. The number of rotatable bonds is 8. The second kappa shape index (κ2) is 7.42. The molecule has 0 unspecified atom stereocenters. The van der Waals surface area contributed by atoms with Crippen LogP contribution >= 0.6 is 0 Å². The highest BCUT2D eigenvalue weighted by atomic mass is 19.3. The number of H-pyrrole nitrogens is 1. The predicted octanol–water partition coefficient (Wildman–Crippen LogP) is 2.34. The summed E-state index contributed by atoms with van der Waals surface area (Å²) in [7, 11) is 7.37. The molecule has 0 aliphatic heterocycles. The third-order valence-electron chi connectivity index (χ3n) is 3.27. The molecule has 21 heavy (non-hydrogen) atoms. The van der Waals surface area contributed by atoms with Gasteiger partial charge in [0.05, 0.1) is 13.7 Å². The lowest BCUT2D eigenvalue weighted by Gasteiger charge is -2.16. The maximum absolute atomic E-state index is 11.8. The molecule has 0 fully saturated rings. The highest BCUT2D eigenvalue weighted by molar-refractivity contribution is 6.04. The second-order valence-corrected chi connectivity index (χ2v) is 4.64. The molecule has 0 aliphatic rings. The maximum Gasteiger partial charge on any atom is 0.345 e. The van der Waals surface area contributed by atoms with Crippen molar-refractivity contribution in [2.75, 3.05) is 26.8 Å². The van der Waals surface area contributed by atoms with E-state index in [2.05, 4.69) is 9.72 Å². The number of nitrogens with zero attached hydrogens (tertiary/aromatic N) is 1. The van der Waals surface area contributed by atoms with Crippen LogP contribution in [0.15, 0.2) is 24.4 Å². The first-order chi connectivity index (χ1) is 10.1. The van der Waals surface area contributed by atoms with E-state index in [-0.39, 0.29) is 13.2 Å². The van der Waals surface area contributed by atoms with Gasteiger partial charge in [-0.25, -0.2) is 0 Å². The van der Waals surface area contributed by atoms with Gasteiger partial charge in [-0.15, -0.1) is 0 Å². The number of nitrogens with one attached hydrogen (secondary N) is 1. The summed E-state index contributed by atoms with van der Waals surface area (Å²) < 4.78 is 33.1. The first-order valence-electron chi connectivity index (χ1n) is 6.63. The van der Waals surface area contributed by atoms with Gasteiger partial charge < -0.3 is 19.3 Å². The SMILES string of the molecule is [B]N(CCOC(F)F)CCc1c[nH]c2ccc(OC)cc12. The van der Waals surface area contributed by atoms with Crippen molar-refractivity contribution in [3.8, 4) is 5.75 Å². The van der Waals surface area contributed by atoms with E-state index in [1.165, 1.54) is 4.81 Å². The van der Waals surface area contributed by atoms with Gasteiger partial charge in [-0.2, -0.15) is 8.78 Å². The average molecular weight is 294 g/mol. The van der Waals surface area contributed by atoms with Crippen LogP contribution in [-0.2, 0) is 11.2 Å². The number of hydrogen-bond donors (Lipinski definition) is 1. The molecule has 1 heterocycles. The molecule has 0 amide bonds. The summed E-state index contributed by atoms with van der Waals surface area (Å²) in [6.45, 7) is -2.03. The Balaban J connectivity index is 1.91. The number of benzene rings is 1. The molecule has 2 aromatic rings. The van der Waals surface area contributed by atoms with Crippen LogP contribution in [0, 0.1) is 0 Å². The number of halogens is 2. The van der Waals surface area contributed by atoms with E-state index < -0.39 is 6.61 Å². The molecule has 0 spiro atoms. The van der Waals surface area contributed by atoms with Crippen LogP contribution in [0.25, 0.3) is 10.9 Å². The summed E-state index contributed by atoms with van der Waals surface area (Å²) in [5.74, 6) is 0.790. The van der Waals surface area contributed by atoms with Crippen molar-refractivity contribution in [3.05, 3.63) is 30.0 Å². The zero-order valence-corrected chi connectivity index (χ0v) is 11.8. The van der Waals surface area contributed by atoms with Crippen LogP contribution in [-0.4, -0.2) is 51.2 Å². The van der Waals surface area contributed by atoms with Gasteiger partial charge in [0.1, 0.15) is 5.75 Å². The van der Waals surface area contributed by atoms with Crippen molar-refractivity contribution in [3.63, 3.8) is 0 Å². The molecule has 1 aromatic carbocycles. The number of aromatic nitrogens is 1. The molecular weight excluding hydrogens is 277 g/mol. The summed E-state index contributed by atoms with van der Waals surface area (Å²) in [6, 6.07) is 5.80. The van der Waals surface area contributed by atoms with Crippen LogP contribution in [0.4, 0.5) is 8.78 Å². The van der Waals surface area contributed by atoms with Gasteiger partial charge in [-0.3, -0.25) is 0 Å². The molecule has 0 atom stereocenters. The smallest absolute Gasteiger partial charge is 0.345 e. The van der Waals surface area contributed by atoms with E-state index in [0.717, 1.165) is 22.2 Å². The fourth-order valence-electron chi connectivity index (χ4n) is 2.13. The molecule has 0 bridgehead atoms. The zero-order chi connectivity index (χ0) is 15.2. The van der Waals surface area contributed by atoms with Crippen LogP contribution in [0.3, 0.4) is 0 Å². The Hall–Kier alpha value is -1.60. The minimum atomic E-state index is -2.75. The Morgan fingerprint density at radius 1 is 1.33 bits per heavy atom. The molecular formula is C14H17BF2N2O2. The Kier molecular flexibility index (Phi) is 5.58. The van der Waals surface area contributed by atoms with Gasteiger partial charge in [0.15, 0.2) is 7.98 Å². The topological polar surface area (TPSA) is 37.5 Å². The van der Waals surface area contributed by atoms with Crippen LogP contribution in [0.5, 0.6) is 5.75 Å². The van der Waals surface area contributed by atoms with E-state index >= 15 is 0 Å². The van der Waals surface area contributed by atoms with E-state index in [1.54, 1.807) is 7.11 Å². The Labute approximate surface area is 123 Å². The van der Waals surface area contributed by atoms with Crippen molar-refractivity contribution in [2.24, 2.45) is 0 Å². The molecule has 0 aliphatic carbocycles. The summed E-state index contributed by atoms with van der Waals surface area (Å²) in [5, 5.41) is 1.08. The largest absolute Gasteiger partial charge is 0.497 e. The lowest BCUT2D eigenvalue weighted by molar-refractivity contribution is -0.129. The zero-order valence-electron chi connectivity index (χ0n) is 11.8. The van der Waals surface area contributed by atoms with Crippen molar-refractivity contribution in [2.45, 2.75) is 13.0 Å². The molecule has 1 aromatic heterocycles. The maximum atomic E-state index is 11.8. The Bertz CT molecular complexity index is 577. The standard InChI is InChI=1S/C14H17BF2N2O2/c1-20-11-2-3-13-12(8-11)10(9-18-13)4-5-19(15)6-7-21-14(16)17/h2-3,8-9,14,18H,4-7H2,1H3. The molecule has 0 saturated carbocycles. The van der Waals surface area contributed by atoms with Crippen molar-refractivity contribution in [1.82, 2.24) is 9.79 Å². The molecule has 4 nitrogen and oxygen atoms in total. The minimum absolute atomic E-state index is 0.0874. The first kappa shape index (κ1) is 15.8. The molecule has 112 valence electrons. The summed E-state index contributed by atoms with van der Waals surface area (Å²) in [6.07, 6.45) is 2.63. The van der Waals surface area contributed by atoms with Gasteiger partial charge in [0, 0.05) is 23.6 Å². The number of hydrogen-bond acceptors (Lipinski definition) is 3. The van der Waals surface area contributed by atoms with E-state index in [1.807, 2.05) is 24.4 Å². The Morgan fingerprint density at radius 3 is 2.86 bits per heavy atom. The molecule has 1 N–H and O–H groups in total. The van der Waals surface area contributed by atoms with E-state index in [0.29, 0.717) is 13.0 Å². The third-order valence-corrected chi connectivity index (χ3v) is 3.27. The monoisotopic (exact) mass is 294 g/mol. The van der Waals surface area contributed by atoms with Crippen LogP contribution < -0.4 is 4.74 Å². The van der Waals surface area contributed by atoms with Gasteiger partial charge in [0.25, 0.3) is 0 Å². The molecule has 2 radical (unpaired) electrons. The summed E-state index contributed by atoms with van der Waals surface area (Å²) in [4.78, 5) is 4.66. The van der Waals surface area contributed by atoms with Gasteiger partial charge >= 0.3 is 6.61 Å².